The van der Waals surface area contributed by atoms with E-state index in [1.165, 1.54) is 10.8 Å². The maximum atomic E-state index is 12.5. The Labute approximate surface area is 144 Å². The molecule has 2 aromatic heterocycles. The van der Waals surface area contributed by atoms with E-state index in [0.717, 1.165) is 24.4 Å². The SMILES string of the molecule is Cc1cn2c(n1)CC[C@@H](NC(=O)Cn1c(=O)cnc3ccccc31)C2. The van der Waals surface area contributed by atoms with Gasteiger partial charge in [0, 0.05) is 25.2 Å². The smallest absolute Gasteiger partial charge is 0.269 e. The molecule has 1 N–H and O–H groups in total. The average molecular weight is 337 g/mol. The molecule has 7 heteroatoms. The van der Waals surface area contributed by atoms with Gasteiger partial charge in [0.05, 0.1) is 22.9 Å². The van der Waals surface area contributed by atoms with Gasteiger partial charge in [0.1, 0.15) is 12.4 Å². The molecular weight excluding hydrogens is 318 g/mol. The van der Waals surface area contributed by atoms with Crippen molar-refractivity contribution in [2.24, 2.45) is 0 Å². The molecule has 1 atom stereocenters. The molecule has 1 aliphatic rings. The molecule has 4 rings (SSSR count). The van der Waals surface area contributed by atoms with Crippen LogP contribution in [0.25, 0.3) is 11.0 Å². The van der Waals surface area contributed by atoms with Gasteiger partial charge in [-0.05, 0) is 25.5 Å². The van der Waals surface area contributed by atoms with Crippen LogP contribution < -0.4 is 10.9 Å². The van der Waals surface area contributed by atoms with E-state index in [1.54, 1.807) is 6.07 Å². The van der Waals surface area contributed by atoms with E-state index in [1.807, 2.05) is 31.3 Å². The zero-order valence-electron chi connectivity index (χ0n) is 14.0. The number of nitrogens with one attached hydrogen (secondary N) is 1. The number of carbonyl (C=O) groups excluding carboxylic acids is 1. The lowest BCUT2D eigenvalue weighted by Crippen LogP contribution is -2.43. The zero-order chi connectivity index (χ0) is 17.4. The summed E-state index contributed by atoms with van der Waals surface area (Å²) < 4.78 is 3.56. The molecule has 7 nitrogen and oxygen atoms in total. The Morgan fingerprint density at radius 3 is 3.08 bits per heavy atom. The number of nitrogens with zero attached hydrogens (tertiary/aromatic N) is 4. The predicted molar refractivity (Wildman–Crippen MR) is 93.2 cm³/mol. The van der Waals surface area contributed by atoms with Crippen LogP contribution in [-0.2, 0) is 24.3 Å². The largest absolute Gasteiger partial charge is 0.350 e. The van der Waals surface area contributed by atoms with Crippen LogP contribution in [0, 0.1) is 6.92 Å². The molecule has 0 saturated heterocycles. The molecule has 0 saturated carbocycles. The van der Waals surface area contributed by atoms with Crippen LogP contribution in [-0.4, -0.2) is 31.1 Å². The fourth-order valence-corrected chi connectivity index (χ4v) is 3.40. The minimum Gasteiger partial charge on any atom is -0.350 e. The molecule has 128 valence electrons. The topological polar surface area (TPSA) is 81.8 Å². The highest BCUT2D eigenvalue weighted by Crippen LogP contribution is 2.15. The first-order valence-electron chi connectivity index (χ1n) is 8.37. The maximum Gasteiger partial charge on any atom is 0.269 e. The highest BCUT2D eigenvalue weighted by Gasteiger charge is 2.21. The van der Waals surface area contributed by atoms with Crippen molar-refractivity contribution in [2.45, 2.75) is 38.9 Å². The summed E-state index contributed by atoms with van der Waals surface area (Å²) in [5, 5.41) is 3.04. The molecule has 1 aromatic carbocycles. The van der Waals surface area contributed by atoms with E-state index in [9.17, 15) is 9.59 Å². The average Bonchev–Trinajstić information content (AvgIpc) is 2.97. The van der Waals surface area contributed by atoms with E-state index in [2.05, 4.69) is 19.9 Å². The first-order chi connectivity index (χ1) is 12.1. The second-order valence-corrected chi connectivity index (χ2v) is 6.43. The fraction of sp³-hybridized carbons (Fsp3) is 0.333. The Kier molecular flexibility index (Phi) is 3.83. The molecular formula is C18H19N5O2. The molecule has 0 fully saturated rings. The highest BCUT2D eigenvalue weighted by atomic mass is 16.2. The van der Waals surface area contributed by atoms with E-state index in [0.29, 0.717) is 17.6 Å². The molecule has 25 heavy (non-hydrogen) atoms. The second kappa shape index (κ2) is 6.16. The number of amides is 1. The Balaban J connectivity index is 1.50. The monoisotopic (exact) mass is 337 g/mol. The van der Waals surface area contributed by atoms with E-state index < -0.39 is 0 Å². The first-order valence-corrected chi connectivity index (χ1v) is 8.37. The fourth-order valence-electron chi connectivity index (χ4n) is 3.40. The number of benzene rings is 1. The third-order valence-corrected chi connectivity index (χ3v) is 4.53. The van der Waals surface area contributed by atoms with E-state index in [-0.39, 0.29) is 24.1 Å². The zero-order valence-corrected chi connectivity index (χ0v) is 14.0. The van der Waals surface area contributed by atoms with Crippen molar-refractivity contribution in [3.8, 4) is 0 Å². The van der Waals surface area contributed by atoms with Gasteiger partial charge >= 0.3 is 0 Å². The van der Waals surface area contributed by atoms with Gasteiger partial charge in [-0.15, -0.1) is 0 Å². The Bertz CT molecular complexity index is 1000. The van der Waals surface area contributed by atoms with E-state index in [4.69, 9.17) is 0 Å². The summed E-state index contributed by atoms with van der Waals surface area (Å²) in [6.45, 7) is 2.68. The van der Waals surface area contributed by atoms with Crippen molar-refractivity contribution in [3.63, 3.8) is 0 Å². The summed E-state index contributed by atoms with van der Waals surface area (Å²) in [6.07, 6.45) is 4.97. The van der Waals surface area contributed by atoms with E-state index >= 15 is 0 Å². The summed E-state index contributed by atoms with van der Waals surface area (Å²) in [6, 6.07) is 7.38. The lowest BCUT2D eigenvalue weighted by molar-refractivity contribution is -0.122. The van der Waals surface area contributed by atoms with Gasteiger partial charge in [0.25, 0.3) is 5.56 Å². The molecule has 0 spiro atoms. The van der Waals surface area contributed by atoms with Crippen LogP contribution in [0.4, 0.5) is 0 Å². The van der Waals surface area contributed by atoms with Gasteiger partial charge in [-0.2, -0.15) is 0 Å². The van der Waals surface area contributed by atoms with Crippen molar-refractivity contribution >= 4 is 16.9 Å². The number of para-hydroxylation sites is 2. The van der Waals surface area contributed by atoms with Crippen LogP contribution in [0.1, 0.15) is 17.9 Å². The van der Waals surface area contributed by atoms with Crippen LogP contribution in [0.3, 0.4) is 0 Å². The second-order valence-electron chi connectivity index (χ2n) is 6.43. The number of aryl methyl sites for hydroxylation is 2. The molecule has 1 amide bonds. The standard InChI is InChI=1S/C18H19N5O2/c1-12-9-22-10-13(6-7-16(22)20-12)21-17(24)11-23-15-5-3-2-4-14(15)19-8-18(23)25/h2-5,8-9,13H,6-7,10-11H2,1H3,(H,21,24)/t13-/m1/s1. The molecule has 1 aliphatic heterocycles. The number of hydrogen-bond donors (Lipinski definition) is 1. The minimum atomic E-state index is -0.273. The number of hydrogen-bond acceptors (Lipinski definition) is 4. The van der Waals surface area contributed by atoms with Gasteiger partial charge in [0.15, 0.2) is 0 Å². The van der Waals surface area contributed by atoms with Gasteiger partial charge < -0.3 is 9.88 Å². The van der Waals surface area contributed by atoms with Crippen molar-refractivity contribution in [3.05, 3.63) is 58.5 Å². The lowest BCUT2D eigenvalue weighted by Gasteiger charge is -2.25. The summed E-state index contributed by atoms with van der Waals surface area (Å²) in [5.74, 6) is 0.906. The molecule has 0 bridgehead atoms. The summed E-state index contributed by atoms with van der Waals surface area (Å²) in [5.41, 5.74) is 2.09. The summed E-state index contributed by atoms with van der Waals surface area (Å²) in [4.78, 5) is 33.2. The molecule has 3 aromatic rings. The number of rotatable bonds is 3. The normalized spacial score (nSPS) is 16.6. The minimum absolute atomic E-state index is 0.00577. The van der Waals surface area contributed by atoms with Gasteiger partial charge in [-0.3, -0.25) is 14.2 Å². The van der Waals surface area contributed by atoms with Crippen molar-refractivity contribution < 1.29 is 4.79 Å². The van der Waals surface area contributed by atoms with Crippen molar-refractivity contribution in [1.82, 2.24) is 24.4 Å². The first kappa shape index (κ1) is 15.6. The number of aromatic nitrogens is 4. The lowest BCUT2D eigenvalue weighted by atomic mass is 10.1. The van der Waals surface area contributed by atoms with Crippen LogP contribution >= 0.6 is 0 Å². The number of fused-ring (bicyclic) bond motifs is 2. The quantitative estimate of drug-likeness (QED) is 0.774. The van der Waals surface area contributed by atoms with Crippen molar-refractivity contribution in [2.75, 3.05) is 0 Å². The Morgan fingerprint density at radius 1 is 1.36 bits per heavy atom. The van der Waals surface area contributed by atoms with Crippen molar-refractivity contribution in [1.29, 1.82) is 0 Å². The molecule has 3 heterocycles. The van der Waals surface area contributed by atoms with Crippen LogP contribution in [0.2, 0.25) is 0 Å². The van der Waals surface area contributed by atoms with Gasteiger partial charge in [0.2, 0.25) is 5.91 Å². The summed E-state index contributed by atoms with van der Waals surface area (Å²) >= 11 is 0. The number of imidazole rings is 1. The molecule has 0 unspecified atom stereocenters. The Morgan fingerprint density at radius 2 is 2.20 bits per heavy atom. The van der Waals surface area contributed by atoms with Crippen LogP contribution in [0.15, 0.2) is 41.5 Å². The third kappa shape index (κ3) is 3.05. The molecule has 0 radical (unpaired) electrons. The van der Waals surface area contributed by atoms with Crippen LogP contribution in [0.5, 0.6) is 0 Å². The van der Waals surface area contributed by atoms with Gasteiger partial charge in [-0.1, -0.05) is 12.1 Å². The Hall–Kier alpha value is -2.96. The maximum absolute atomic E-state index is 12.5. The highest BCUT2D eigenvalue weighted by molar-refractivity contribution is 5.80. The predicted octanol–water partition coefficient (Wildman–Crippen LogP) is 1.03. The third-order valence-electron chi connectivity index (χ3n) is 4.53. The van der Waals surface area contributed by atoms with Gasteiger partial charge in [-0.25, -0.2) is 9.97 Å². The number of carbonyl (C=O) groups is 1. The molecule has 0 aliphatic carbocycles. The summed E-state index contributed by atoms with van der Waals surface area (Å²) in [7, 11) is 0.